The van der Waals surface area contributed by atoms with Crippen LogP contribution in [0.5, 0.6) is 0 Å². The maximum atomic E-state index is 11.7. The van der Waals surface area contributed by atoms with Gasteiger partial charge in [0.2, 0.25) is 0 Å². The van der Waals surface area contributed by atoms with Crippen LogP contribution in [0.15, 0.2) is 42.7 Å². The van der Waals surface area contributed by atoms with Gasteiger partial charge in [-0.2, -0.15) is 0 Å². The number of carbonyl (C=O) groups excluding carboxylic acids is 1. The second-order valence-electron chi connectivity index (χ2n) is 8.06. The van der Waals surface area contributed by atoms with E-state index < -0.39 is 0 Å². The van der Waals surface area contributed by atoms with Crippen molar-refractivity contribution in [1.82, 2.24) is 14.5 Å². The van der Waals surface area contributed by atoms with Crippen LogP contribution in [-0.2, 0) is 6.54 Å². The second kappa shape index (κ2) is 7.81. The van der Waals surface area contributed by atoms with Crippen molar-refractivity contribution in [1.29, 1.82) is 0 Å². The van der Waals surface area contributed by atoms with Crippen LogP contribution in [0.3, 0.4) is 0 Å². The molecule has 1 fully saturated rings. The van der Waals surface area contributed by atoms with E-state index in [9.17, 15) is 9.90 Å². The molecule has 0 spiro atoms. The Balaban J connectivity index is 1.39. The summed E-state index contributed by atoms with van der Waals surface area (Å²) in [5, 5.41) is 14.5. The van der Waals surface area contributed by atoms with Crippen LogP contribution < -0.4 is 5.32 Å². The number of thiazole rings is 1. The summed E-state index contributed by atoms with van der Waals surface area (Å²) in [6, 6.07) is 12.0. The average molecular weight is 421 g/mol. The Morgan fingerprint density at radius 2 is 2.03 bits per heavy atom. The Morgan fingerprint density at radius 1 is 1.20 bits per heavy atom. The van der Waals surface area contributed by atoms with Crippen molar-refractivity contribution in [2.24, 2.45) is 0 Å². The highest BCUT2D eigenvalue weighted by atomic mass is 32.1. The molecule has 1 aliphatic rings. The van der Waals surface area contributed by atoms with Gasteiger partial charge in [-0.05, 0) is 55.7 Å². The van der Waals surface area contributed by atoms with Gasteiger partial charge in [0.1, 0.15) is 0 Å². The minimum atomic E-state index is -0.296. The van der Waals surface area contributed by atoms with Gasteiger partial charge in [0.25, 0.3) is 0 Å². The predicted molar refractivity (Wildman–Crippen MR) is 120 cm³/mol. The van der Waals surface area contributed by atoms with Crippen molar-refractivity contribution in [2.45, 2.75) is 51.3 Å². The lowest BCUT2D eigenvalue weighted by molar-refractivity contribution is 0.101. The van der Waals surface area contributed by atoms with Gasteiger partial charge in [0.15, 0.2) is 10.9 Å². The molecular formula is C23H24N4O2S. The molecule has 0 saturated heterocycles. The van der Waals surface area contributed by atoms with Gasteiger partial charge in [-0.25, -0.2) is 9.97 Å². The summed E-state index contributed by atoms with van der Waals surface area (Å²) in [5.74, 6) is 0.0545. The zero-order valence-corrected chi connectivity index (χ0v) is 17.7. The summed E-state index contributed by atoms with van der Waals surface area (Å²) in [7, 11) is 0. The fraction of sp³-hybridized carbons (Fsp3) is 0.348. The van der Waals surface area contributed by atoms with Crippen molar-refractivity contribution in [3.8, 4) is 0 Å². The topological polar surface area (TPSA) is 80.0 Å². The number of aromatic nitrogens is 3. The van der Waals surface area contributed by atoms with E-state index in [2.05, 4.69) is 27.0 Å². The van der Waals surface area contributed by atoms with Gasteiger partial charge >= 0.3 is 0 Å². The minimum absolute atomic E-state index is 0.0545. The predicted octanol–water partition coefficient (Wildman–Crippen LogP) is 4.61. The SMILES string of the molecule is CC(=O)c1ccc2ncn(Cc3ccc4nc(NC5CCCC[C@H]5O)sc4c3)c2c1. The fourth-order valence-corrected chi connectivity index (χ4v) is 5.16. The average Bonchev–Trinajstić information content (AvgIpc) is 3.32. The number of aliphatic hydroxyl groups is 1. The Kier molecular flexibility index (Phi) is 5.00. The first-order valence-electron chi connectivity index (χ1n) is 10.4. The van der Waals surface area contributed by atoms with Gasteiger partial charge in [0, 0.05) is 12.1 Å². The first-order chi connectivity index (χ1) is 14.6. The monoisotopic (exact) mass is 420 g/mol. The number of imidazole rings is 1. The second-order valence-corrected chi connectivity index (χ2v) is 9.09. The van der Waals surface area contributed by atoms with Gasteiger partial charge in [-0.15, -0.1) is 0 Å². The van der Waals surface area contributed by atoms with Crippen molar-refractivity contribution >= 4 is 43.5 Å². The number of rotatable bonds is 5. The first-order valence-corrected chi connectivity index (χ1v) is 11.2. The molecule has 2 aromatic heterocycles. The summed E-state index contributed by atoms with van der Waals surface area (Å²) >= 11 is 1.63. The maximum Gasteiger partial charge on any atom is 0.184 e. The summed E-state index contributed by atoms with van der Waals surface area (Å²) in [6.45, 7) is 2.26. The molecule has 2 heterocycles. The van der Waals surface area contributed by atoms with E-state index in [0.717, 1.165) is 57.6 Å². The number of aliphatic hydroxyl groups excluding tert-OH is 1. The molecule has 30 heavy (non-hydrogen) atoms. The van der Waals surface area contributed by atoms with Crippen LogP contribution in [0.1, 0.15) is 48.5 Å². The van der Waals surface area contributed by atoms with E-state index >= 15 is 0 Å². The molecule has 2 atom stereocenters. The van der Waals surface area contributed by atoms with Crippen LogP contribution >= 0.6 is 11.3 Å². The van der Waals surface area contributed by atoms with Crippen molar-refractivity contribution in [2.75, 3.05) is 5.32 Å². The number of nitrogens with zero attached hydrogens (tertiary/aromatic N) is 3. The van der Waals surface area contributed by atoms with Gasteiger partial charge in [0.05, 0.1) is 39.7 Å². The highest BCUT2D eigenvalue weighted by Crippen LogP contribution is 2.30. The summed E-state index contributed by atoms with van der Waals surface area (Å²) < 4.78 is 3.19. The van der Waals surface area contributed by atoms with Crippen molar-refractivity contribution < 1.29 is 9.90 Å². The Labute approximate surface area is 178 Å². The first kappa shape index (κ1) is 19.2. The van der Waals surface area contributed by atoms with E-state index in [-0.39, 0.29) is 17.9 Å². The lowest BCUT2D eigenvalue weighted by atomic mass is 9.93. The van der Waals surface area contributed by atoms with E-state index in [1.807, 2.05) is 30.6 Å². The molecule has 1 unspecified atom stereocenters. The molecule has 2 N–H and O–H groups in total. The Bertz CT molecular complexity index is 1230. The van der Waals surface area contributed by atoms with E-state index in [1.54, 1.807) is 18.3 Å². The number of fused-ring (bicyclic) bond motifs is 2. The molecular weight excluding hydrogens is 396 g/mol. The summed E-state index contributed by atoms with van der Waals surface area (Å²) in [6.07, 6.45) is 5.61. The van der Waals surface area contributed by atoms with Gasteiger partial charge in [-0.3, -0.25) is 4.79 Å². The van der Waals surface area contributed by atoms with Crippen LogP contribution in [0.2, 0.25) is 0 Å². The van der Waals surface area contributed by atoms with Crippen LogP contribution in [-0.4, -0.2) is 37.6 Å². The van der Waals surface area contributed by atoms with Crippen molar-refractivity contribution in [3.63, 3.8) is 0 Å². The molecule has 0 amide bonds. The molecule has 1 aliphatic carbocycles. The normalized spacial score (nSPS) is 19.4. The van der Waals surface area contributed by atoms with Gasteiger partial charge < -0.3 is 15.0 Å². The number of anilines is 1. The smallest absolute Gasteiger partial charge is 0.184 e. The molecule has 7 heteroatoms. The van der Waals surface area contributed by atoms with Crippen LogP contribution in [0.4, 0.5) is 5.13 Å². The molecule has 0 radical (unpaired) electrons. The minimum Gasteiger partial charge on any atom is -0.391 e. The third-order valence-electron chi connectivity index (χ3n) is 5.87. The number of Topliss-reactive ketones (excluding diaryl/α,β-unsaturated/α-hetero) is 1. The number of ketones is 1. The van der Waals surface area contributed by atoms with Gasteiger partial charge in [-0.1, -0.05) is 30.2 Å². The molecule has 4 aromatic rings. The quantitative estimate of drug-likeness (QED) is 0.461. The Morgan fingerprint density at radius 3 is 2.87 bits per heavy atom. The van der Waals surface area contributed by atoms with E-state index in [0.29, 0.717) is 12.1 Å². The molecule has 5 rings (SSSR count). The lowest BCUT2D eigenvalue weighted by Gasteiger charge is -2.27. The lowest BCUT2D eigenvalue weighted by Crippen LogP contribution is -2.36. The number of benzene rings is 2. The number of hydrogen-bond acceptors (Lipinski definition) is 6. The van der Waals surface area contributed by atoms with Crippen LogP contribution in [0.25, 0.3) is 21.3 Å². The van der Waals surface area contributed by atoms with Crippen LogP contribution in [0, 0.1) is 0 Å². The summed E-state index contributed by atoms with van der Waals surface area (Å²) in [4.78, 5) is 20.9. The highest BCUT2D eigenvalue weighted by Gasteiger charge is 2.23. The van der Waals surface area contributed by atoms with E-state index in [1.165, 1.54) is 0 Å². The zero-order valence-electron chi connectivity index (χ0n) is 16.8. The molecule has 0 bridgehead atoms. The largest absolute Gasteiger partial charge is 0.391 e. The third kappa shape index (κ3) is 3.70. The molecule has 2 aromatic carbocycles. The number of hydrogen-bond donors (Lipinski definition) is 2. The highest BCUT2D eigenvalue weighted by molar-refractivity contribution is 7.22. The van der Waals surface area contributed by atoms with Crippen molar-refractivity contribution in [3.05, 3.63) is 53.9 Å². The Hall–Kier alpha value is -2.77. The van der Waals surface area contributed by atoms with E-state index in [4.69, 9.17) is 4.98 Å². The number of carbonyl (C=O) groups is 1. The molecule has 154 valence electrons. The fourth-order valence-electron chi connectivity index (χ4n) is 4.17. The zero-order chi connectivity index (χ0) is 20.7. The molecule has 0 aliphatic heterocycles. The number of nitrogens with one attached hydrogen (secondary N) is 1. The maximum absolute atomic E-state index is 11.7. The summed E-state index contributed by atoms with van der Waals surface area (Å²) in [5.41, 5.74) is 4.66. The molecule has 6 nitrogen and oxygen atoms in total. The molecule has 1 saturated carbocycles. The standard InChI is InChI=1S/C23H24N4O2S/c1-14(28)16-7-9-17-20(11-16)27(13-24-17)12-15-6-8-19-22(10-15)30-23(26-19)25-18-4-2-3-5-21(18)29/h6-11,13,18,21,29H,2-5,12H2,1H3,(H,25,26)/t18?,21-/m1/s1. The third-order valence-corrected chi connectivity index (χ3v) is 6.82.